The minimum Gasteiger partial charge on any atom is -0.450 e. The van der Waals surface area contributed by atoms with Crippen molar-refractivity contribution in [1.82, 2.24) is 9.80 Å². The molecule has 0 aromatic rings. The van der Waals surface area contributed by atoms with Crippen LogP contribution in [0.1, 0.15) is 26.2 Å². The maximum absolute atomic E-state index is 12.3. The van der Waals surface area contributed by atoms with E-state index >= 15 is 0 Å². The molecule has 1 unspecified atom stereocenters. The second-order valence-electron chi connectivity index (χ2n) is 4.87. The van der Waals surface area contributed by atoms with E-state index < -0.39 is 0 Å². The highest BCUT2D eigenvalue weighted by molar-refractivity contribution is 8.00. The SMILES string of the molecule is CCOC(=O)N1CCN(C(=O)C2CCCCS2)CC1. The highest BCUT2D eigenvalue weighted by Crippen LogP contribution is 2.26. The highest BCUT2D eigenvalue weighted by atomic mass is 32.2. The van der Waals surface area contributed by atoms with Crippen molar-refractivity contribution in [2.75, 3.05) is 38.5 Å². The summed E-state index contributed by atoms with van der Waals surface area (Å²) in [5, 5.41) is 0.142. The van der Waals surface area contributed by atoms with E-state index in [2.05, 4.69) is 0 Å². The van der Waals surface area contributed by atoms with Gasteiger partial charge in [-0.3, -0.25) is 4.79 Å². The molecular weight excluding hydrogens is 264 g/mol. The summed E-state index contributed by atoms with van der Waals surface area (Å²) < 4.78 is 4.97. The molecular formula is C13H22N2O3S. The van der Waals surface area contributed by atoms with E-state index in [1.165, 1.54) is 6.42 Å². The first-order valence-corrected chi connectivity index (χ1v) is 8.09. The van der Waals surface area contributed by atoms with Crippen LogP contribution in [-0.2, 0) is 9.53 Å². The van der Waals surface area contributed by atoms with Gasteiger partial charge in [-0.1, -0.05) is 6.42 Å². The summed E-state index contributed by atoms with van der Waals surface area (Å²) >= 11 is 1.78. The molecule has 2 amide bonds. The Balaban J connectivity index is 1.79. The molecule has 0 aromatic heterocycles. The summed E-state index contributed by atoms with van der Waals surface area (Å²) in [5.74, 6) is 1.35. The molecule has 2 rings (SSSR count). The number of nitrogens with zero attached hydrogens (tertiary/aromatic N) is 2. The molecule has 6 heteroatoms. The van der Waals surface area contributed by atoms with Crippen molar-refractivity contribution >= 4 is 23.8 Å². The molecule has 2 saturated heterocycles. The molecule has 0 radical (unpaired) electrons. The fourth-order valence-corrected chi connectivity index (χ4v) is 3.74. The molecule has 1 atom stereocenters. The third-order valence-electron chi connectivity index (χ3n) is 3.57. The summed E-state index contributed by atoms with van der Waals surface area (Å²) in [7, 11) is 0. The van der Waals surface area contributed by atoms with E-state index in [9.17, 15) is 9.59 Å². The van der Waals surface area contributed by atoms with Gasteiger partial charge in [-0.05, 0) is 25.5 Å². The monoisotopic (exact) mass is 286 g/mol. The van der Waals surface area contributed by atoms with Crippen LogP contribution in [0.4, 0.5) is 4.79 Å². The van der Waals surface area contributed by atoms with Gasteiger partial charge in [-0.15, -0.1) is 11.8 Å². The van der Waals surface area contributed by atoms with Gasteiger partial charge < -0.3 is 14.5 Å². The van der Waals surface area contributed by atoms with Crippen molar-refractivity contribution in [3.8, 4) is 0 Å². The molecule has 0 bridgehead atoms. The molecule has 0 aromatic carbocycles. The van der Waals surface area contributed by atoms with Crippen molar-refractivity contribution < 1.29 is 14.3 Å². The standard InChI is InChI=1S/C13H22N2O3S/c1-2-18-13(17)15-8-6-14(7-9-15)12(16)11-5-3-4-10-19-11/h11H,2-10H2,1H3. The fourth-order valence-electron chi connectivity index (χ4n) is 2.46. The Kier molecular flexibility index (Phi) is 5.36. The number of ether oxygens (including phenoxy) is 1. The Morgan fingerprint density at radius 3 is 2.42 bits per heavy atom. The highest BCUT2D eigenvalue weighted by Gasteiger charge is 2.30. The number of hydrogen-bond donors (Lipinski definition) is 0. The summed E-state index contributed by atoms with van der Waals surface area (Å²) in [6, 6.07) is 0. The maximum atomic E-state index is 12.3. The number of amides is 2. The van der Waals surface area contributed by atoms with E-state index in [0.717, 1.165) is 18.6 Å². The largest absolute Gasteiger partial charge is 0.450 e. The van der Waals surface area contributed by atoms with Crippen molar-refractivity contribution in [3.05, 3.63) is 0 Å². The van der Waals surface area contributed by atoms with Crippen LogP contribution >= 0.6 is 11.8 Å². The van der Waals surface area contributed by atoms with Crippen LogP contribution in [0.5, 0.6) is 0 Å². The smallest absolute Gasteiger partial charge is 0.409 e. The molecule has 2 aliphatic rings. The van der Waals surface area contributed by atoms with E-state index in [1.54, 1.807) is 23.6 Å². The molecule has 0 spiro atoms. The van der Waals surface area contributed by atoms with E-state index in [1.807, 2.05) is 4.90 Å². The van der Waals surface area contributed by atoms with Crippen LogP contribution < -0.4 is 0 Å². The number of thioether (sulfide) groups is 1. The van der Waals surface area contributed by atoms with Crippen molar-refractivity contribution in [2.45, 2.75) is 31.4 Å². The zero-order chi connectivity index (χ0) is 13.7. The zero-order valence-electron chi connectivity index (χ0n) is 11.5. The molecule has 2 aliphatic heterocycles. The third kappa shape index (κ3) is 3.78. The minimum absolute atomic E-state index is 0.142. The van der Waals surface area contributed by atoms with E-state index in [0.29, 0.717) is 32.8 Å². The quantitative estimate of drug-likeness (QED) is 0.773. The first-order valence-electron chi connectivity index (χ1n) is 7.04. The van der Waals surface area contributed by atoms with Gasteiger partial charge in [0.1, 0.15) is 0 Å². The van der Waals surface area contributed by atoms with Crippen LogP contribution in [-0.4, -0.2) is 65.6 Å². The fraction of sp³-hybridized carbons (Fsp3) is 0.846. The van der Waals surface area contributed by atoms with Gasteiger partial charge in [0.25, 0.3) is 0 Å². The molecule has 0 aliphatic carbocycles. The molecule has 5 nitrogen and oxygen atoms in total. The van der Waals surface area contributed by atoms with Crippen molar-refractivity contribution in [1.29, 1.82) is 0 Å². The van der Waals surface area contributed by atoms with Gasteiger partial charge in [-0.25, -0.2) is 4.79 Å². The Hall–Kier alpha value is -0.910. The predicted octanol–water partition coefficient (Wildman–Crippen LogP) is 1.57. The number of hydrogen-bond acceptors (Lipinski definition) is 4. The normalized spacial score (nSPS) is 24.2. The van der Waals surface area contributed by atoms with Crippen LogP contribution in [0.2, 0.25) is 0 Å². The van der Waals surface area contributed by atoms with Crippen LogP contribution in [0.25, 0.3) is 0 Å². The van der Waals surface area contributed by atoms with Gasteiger partial charge >= 0.3 is 6.09 Å². The maximum Gasteiger partial charge on any atom is 0.409 e. The molecule has 2 heterocycles. The lowest BCUT2D eigenvalue weighted by Gasteiger charge is -2.36. The van der Waals surface area contributed by atoms with Gasteiger partial charge in [0.2, 0.25) is 5.91 Å². The molecule has 0 saturated carbocycles. The lowest BCUT2D eigenvalue weighted by atomic mass is 10.1. The molecule has 108 valence electrons. The lowest BCUT2D eigenvalue weighted by molar-refractivity contribution is -0.132. The number of carbonyl (C=O) groups is 2. The van der Waals surface area contributed by atoms with Crippen LogP contribution in [0.3, 0.4) is 0 Å². The van der Waals surface area contributed by atoms with Crippen molar-refractivity contribution in [2.24, 2.45) is 0 Å². The lowest BCUT2D eigenvalue weighted by Crippen LogP contribution is -2.52. The van der Waals surface area contributed by atoms with Crippen LogP contribution in [0.15, 0.2) is 0 Å². The summed E-state index contributed by atoms with van der Waals surface area (Å²) in [4.78, 5) is 27.5. The average Bonchev–Trinajstić information content (AvgIpc) is 2.48. The van der Waals surface area contributed by atoms with E-state index in [4.69, 9.17) is 4.74 Å². The average molecular weight is 286 g/mol. The Morgan fingerprint density at radius 2 is 1.84 bits per heavy atom. The van der Waals surface area contributed by atoms with Crippen molar-refractivity contribution in [3.63, 3.8) is 0 Å². The van der Waals surface area contributed by atoms with Gasteiger partial charge in [0.15, 0.2) is 0 Å². The zero-order valence-corrected chi connectivity index (χ0v) is 12.3. The van der Waals surface area contributed by atoms with Gasteiger partial charge in [0.05, 0.1) is 11.9 Å². The first kappa shape index (κ1) is 14.5. The second kappa shape index (κ2) is 7.03. The number of piperazine rings is 1. The topological polar surface area (TPSA) is 49.9 Å². The Morgan fingerprint density at radius 1 is 1.16 bits per heavy atom. The molecule has 2 fully saturated rings. The number of carbonyl (C=O) groups excluding carboxylic acids is 2. The van der Waals surface area contributed by atoms with Gasteiger partial charge in [-0.2, -0.15) is 0 Å². The Labute approximate surface area is 118 Å². The van der Waals surface area contributed by atoms with E-state index in [-0.39, 0.29) is 17.3 Å². The summed E-state index contributed by atoms with van der Waals surface area (Å²) in [6.45, 7) is 4.64. The molecule has 19 heavy (non-hydrogen) atoms. The Bertz CT molecular complexity index is 324. The first-order chi connectivity index (χ1) is 9.22. The molecule has 0 N–H and O–H groups in total. The second-order valence-corrected chi connectivity index (χ2v) is 6.18. The summed E-state index contributed by atoms with van der Waals surface area (Å²) in [5.41, 5.74) is 0. The third-order valence-corrected chi connectivity index (χ3v) is 4.94. The number of rotatable bonds is 2. The van der Waals surface area contributed by atoms with Crippen LogP contribution in [0, 0.1) is 0 Å². The predicted molar refractivity (Wildman–Crippen MR) is 75.3 cm³/mol. The minimum atomic E-state index is -0.262. The van der Waals surface area contributed by atoms with Gasteiger partial charge in [0, 0.05) is 26.2 Å². The summed E-state index contributed by atoms with van der Waals surface area (Å²) in [6.07, 6.45) is 3.13.